The van der Waals surface area contributed by atoms with Crippen LogP contribution in [0.5, 0.6) is 11.5 Å². The van der Waals surface area contributed by atoms with Crippen molar-refractivity contribution < 1.29 is 50.9 Å². The third-order valence-electron chi connectivity index (χ3n) is 10.7. The van der Waals surface area contributed by atoms with Gasteiger partial charge in [0.25, 0.3) is 14.4 Å². The number of carbonyl (C=O) groups is 4. The van der Waals surface area contributed by atoms with Crippen LogP contribution in [0.1, 0.15) is 124 Å². The lowest BCUT2D eigenvalue weighted by Gasteiger charge is -2.38. The van der Waals surface area contributed by atoms with E-state index in [-0.39, 0.29) is 70.7 Å². The van der Waals surface area contributed by atoms with Gasteiger partial charge >= 0.3 is 18.1 Å². The average molecular weight is 882 g/mol. The molecule has 2 unspecified atom stereocenters. The Morgan fingerprint density at radius 1 is 0.871 bits per heavy atom. The van der Waals surface area contributed by atoms with Gasteiger partial charge in [0.05, 0.1) is 37.0 Å². The predicted molar refractivity (Wildman–Crippen MR) is 229 cm³/mol. The van der Waals surface area contributed by atoms with Crippen molar-refractivity contribution in [2.75, 3.05) is 42.6 Å². The number of rotatable bonds is 19. The minimum absolute atomic E-state index is 0.0188. The highest BCUT2D eigenvalue weighted by atomic mass is 31.2. The van der Waals surface area contributed by atoms with Crippen LogP contribution < -0.4 is 19.9 Å². The summed E-state index contributed by atoms with van der Waals surface area (Å²) in [6, 6.07) is 14.6. The molecule has 0 bridgehead atoms. The van der Waals surface area contributed by atoms with Crippen LogP contribution >= 0.6 is 8.53 Å². The van der Waals surface area contributed by atoms with Crippen molar-refractivity contribution in [3.63, 3.8) is 0 Å². The second kappa shape index (κ2) is 20.4. The van der Waals surface area contributed by atoms with Gasteiger partial charge in [0.2, 0.25) is 5.91 Å². The fourth-order valence-electron chi connectivity index (χ4n) is 7.95. The normalized spacial score (nSPS) is 15.7. The van der Waals surface area contributed by atoms with E-state index >= 15 is 0 Å². The van der Waals surface area contributed by atoms with Crippen LogP contribution in [0.4, 0.5) is 24.5 Å². The molecule has 3 amide bonds. The minimum atomic E-state index is -5.14. The van der Waals surface area contributed by atoms with E-state index in [1.807, 2.05) is 0 Å². The number of nitriles is 1. The number of benzene rings is 3. The molecule has 13 nitrogen and oxygen atoms in total. The average Bonchev–Trinajstić information content (AvgIpc) is 3.50. The molecule has 0 aliphatic carbocycles. The molecule has 3 aromatic rings. The lowest BCUT2D eigenvalue weighted by Crippen LogP contribution is -2.41. The maximum absolute atomic E-state index is 13.7. The van der Waals surface area contributed by atoms with Crippen molar-refractivity contribution in [1.29, 1.82) is 5.26 Å². The third-order valence-corrected chi connectivity index (χ3v) is 12.8. The van der Waals surface area contributed by atoms with Crippen LogP contribution in [0.25, 0.3) is 0 Å². The number of hydrogen-bond donors (Lipinski definition) is 1. The highest BCUT2D eigenvalue weighted by Gasteiger charge is 2.54. The smallest absolute Gasteiger partial charge is 0.456 e. The first kappa shape index (κ1) is 48.0. The molecular formula is C45H55F3N5O8P. The van der Waals surface area contributed by atoms with Gasteiger partial charge in [-0.15, -0.1) is 0 Å². The Balaban J connectivity index is 1.38. The number of unbranched alkanes of at least 4 members (excludes halogenated alkanes) is 3. The fraction of sp³-hybridized carbons (Fsp3) is 0.489. The number of esters is 1. The molecule has 1 spiro atoms. The number of hydrogen-bond acceptors (Lipinski definition) is 10. The predicted octanol–water partition coefficient (Wildman–Crippen LogP) is 9.43. The minimum Gasteiger partial charge on any atom is -0.456 e. The van der Waals surface area contributed by atoms with Crippen molar-refractivity contribution >= 4 is 43.6 Å². The molecule has 3 aromatic carbocycles. The van der Waals surface area contributed by atoms with E-state index in [1.165, 1.54) is 49.1 Å². The number of alkyl halides is 3. The van der Waals surface area contributed by atoms with Gasteiger partial charge in [0.1, 0.15) is 11.5 Å². The summed E-state index contributed by atoms with van der Waals surface area (Å²) in [4.78, 5) is 54.6. The van der Waals surface area contributed by atoms with Gasteiger partial charge < -0.3 is 33.6 Å². The van der Waals surface area contributed by atoms with Gasteiger partial charge in [0, 0.05) is 78.7 Å². The lowest BCUT2D eigenvalue weighted by molar-refractivity contribution is -0.170. The van der Waals surface area contributed by atoms with Crippen LogP contribution in [0.2, 0.25) is 0 Å². The lowest BCUT2D eigenvalue weighted by atomic mass is 9.76. The standard InChI is InChI=1S/C45H55F3N5O8P/c1-9-51(31(8)54)38-27-40-37(24-30(38)7)44(35-19-17-33(26-39(35)60-40)52(10-2)43(57)45(46,47)48)36-25-32(16-18-34(36)42(56)61-44)41(55)50-21-13-11-12-14-22-58-62(59-23-15-20-49)53(28(3)4)29(5)6/h16-19,24-29H,9-15,21-23H2,1-8H3,(H,50,55). The number of aryl methyl sites for hydroxylation is 1. The van der Waals surface area contributed by atoms with Crippen molar-refractivity contribution in [3.05, 3.63) is 81.9 Å². The first-order valence-corrected chi connectivity index (χ1v) is 22.1. The topological polar surface area (TPSA) is 151 Å². The van der Waals surface area contributed by atoms with E-state index in [2.05, 4.69) is 43.8 Å². The van der Waals surface area contributed by atoms with Crippen LogP contribution in [0.3, 0.4) is 0 Å². The quantitative estimate of drug-likeness (QED) is 0.0701. The fourth-order valence-corrected chi connectivity index (χ4v) is 9.58. The summed E-state index contributed by atoms with van der Waals surface area (Å²) in [5.74, 6) is -3.18. The summed E-state index contributed by atoms with van der Waals surface area (Å²) < 4.78 is 67.9. The molecule has 2 atom stereocenters. The summed E-state index contributed by atoms with van der Waals surface area (Å²) in [6.07, 6.45) is -1.69. The molecule has 0 saturated heterocycles. The molecular weight excluding hydrogens is 826 g/mol. The molecule has 2 heterocycles. The molecule has 334 valence electrons. The number of anilines is 2. The van der Waals surface area contributed by atoms with E-state index in [4.69, 9.17) is 23.8 Å². The summed E-state index contributed by atoms with van der Waals surface area (Å²) >= 11 is 0. The number of nitrogens with zero attached hydrogens (tertiary/aromatic N) is 4. The van der Waals surface area contributed by atoms with Gasteiger partial charge in [-0.2, -0.15) is 18.4 Å². The van der Waals surface area contributed by atoms with Crippen LogP contribution in [-0.4, -0.2) is 79.5 Å². The maximum atomic E-state index is 13.7. The van der Waals surface area contributed by atoms with Gasteiger partial charge in [-0.05, 0) is 103 Å². The molecule has 17 heteroatoms. The highest BCUT2D eigenvalue weighted by molar-refractivity contribution is 7.44. The highest BCUT2D eigenvalue weighted by Crippen LogP contribution is 2.58. The zero-order chi connectivity index (χ0) is 45.5. The maximum Gasteiger partial charge on any atom is 0.471 e. The molecule has 62 heavy (non-hydrogen) atoms. The van der Waals surface area contributed by atoms with Crippen molar-refractivity contribution in [1.82, 2.24) is 9.99 Å². The first-order chi connectivity index (χ1) is 29.4. The molecule has 0 fully saturated rings. The van der Waals surface area contributed by atoms with E-state index in [1.54, 1.807) is 32.0 Å². The van der Waals surface area contributed by atoms with Crippen molar-refractivity contribution in [3.8, 4) is 17.6 Å². The van der Waals surface area contributed by atoms with Crippen LogP contribution in [0, 0.1) is 18.3 Å². The number of fused-ring (bicyclic) bond motifs is 6. The van der Waals surface area contributed by atoms with Crippen molar-refractivity contribution in [2.45, 2.75) is 111 Å². The number of amides is 3. The Morgan fingerprint density at radius 3 is 2.16 bits per heavy atom. The van der Waals surface area contributed by atoms with Gasteiger partial charge in [-0.3, -0.25) is 14.4 Å². The van der Waals surface area contributed by atoms with Gasteiger partial charge in [-0.1, -0.05) is 12.8 Å². The van der Waals surface area contributed by atoms with Crippen LogP contribution in [-0.2, 0) is 29.0 Å². The van der Waals surface area contributed by atoms with Gasteiger partial charge in [-0.25, -0.2) is 9.46 Å². The molecule has 2 aliphatic rings. The second-order valence-electron chi connectivity index (χ2n) is 15.6. The Bertz CT molecular complexity index is 2190. The monoisotopic (exact) mass is 881 g/mol. The van der Waals surface area contributed by atoms with E-state index in [0.717, 1.165) is 19.3 Å². The molecule has 2 aliphatic heterocycles. The summed E-state index contributed by atoms with van der Waals surface area (Å²) in [6.45, 7) is 16.0. The molecule has 1 N–H and O–H groups in total. The SMILES string of the molecule is CCN(C(=O)C(F)(F)F)c1ccc2c(c1)Oc1cc(N(CC)C(C)=O)c(C)cc1C21OC(=O)c2ccc(C(=O)NCCCCCCOP(OCCC#N)N(C(C)C)C(C)C)cc21. The Labute approximate surface area is 362 Å². The van der Waals surface area contributed by atoms with E-state index in [9.17, 15) is 32.3 Å². The number of halogens is 3. The van der Waals surface area contributed by atoms with Crippen LogP contribution in [0.15, 0.2) is 48.5 Å². The largest absolute Gasteiger partial charge is 0.471 e. The van der Waals surface area contributed by atoms with Crippen molar-refractivity contribution in [2.24, 2.45) is 0 Å². The molecule has 5 rings (SSSR count). The Morgan fingerprint density at radius 2 is 1.53 bits per heavy atom. The summed E-state index contributed by atoms with van der Waals surface area (Å²) in [5.41, 5.74) is 0.757. The Kier molecular flexibility index (Phi) is 15.8. The molecule has 0 radical (unpaired) electrons. The Hall–Kier alpha value is -5.07. The summed E-state index contributed by atoms with van der Waals surface area (Å²) in [7, 11) is -1.32. The number of nitrogens with one attached hydrogen (secondary N) is 1. The zero-order valence-electron chi connectivity index (χ0n) is 36.5. The number of ether oxygens (including phenoxy) is 2. The van der Waals surface area contributed by atoms with E-state index < -0.39 is 32.2 Å². The summed E-state index contributed by atoms with van der Waals surface area (Å²) in [5, 5.41) is 11.9. The van der Waals surface area contributed by atoms with Gasteiger partial charge in [0.15, 0.2) is 5.60 Å². The third kappa shape index (κ3) is 10.1. The second-order valence-corrected chi connectivity index (χ2v) is 17.1. The number of carbonyl (C=O) groups excluding carboxylic acids is 4. The molecule has 0 aromatic heterocycles. The first-order valence-electron chi connectivity index (χ1n) is 20.9. The van der Waals surface area contributed by atoms with E-state index in [0.29, 0.717) is 60.0 Å². The molecule has 0 saturated carbocycles. The zero-order valence-corrected chi connectivity index (χ0v) is 37.4.